The molecular formula is C18H23N3OS2. The van der Waals surface area contributed by atoms with Crippen LogP contribution < -0.4 is 5.32 Å². The van der Waals surface area contributed by atoms with Crippen molar-refractivity contribution in [2.45, 2.75) is 68.9 Å². The van der Waals surface area contributed by atoms with Crippen LogP contribution in [0.4, 0.5) is 0 Å². The number of nitrogens with one attached hydrogen (secondary N) is 1. The lowest BCUT2D eigenvalue weighted by Crippen LogP contribution is -2.35. The van der Waals surface area contributed by atoms with Gasteiger partial charge in [0.05, 0.1) is 5.75 Å². The van der Waals surface area contributed by atoms with E-state index in [2.05, 4.69) is 15.3 Å². The molecule has 24 heavy (non-hydrogen) atoms. The molecule has 0 spiro atoms. The van der Waals surface area contributed by atoms with E-state index in [4.69, 9.17) is 0 Å². The lowest BCUT2D eigenvalue weighted by Gasteiger charge is -2.16. The minimum atomic E-state index is 0.144. The number of hydrogen-bond acceptors (Lipinski definition) is 5. The molecule has 0 unspecified atom stereocenters. The smallest absolute Gasteiger partial charge is 0.230 e. The molecule has 4 nitrogen and oxygen atoms in total. The van der Waals surface area contributed by atoms with E-state index >= 15 is 0 Å². The van der Waals surface area contributed by atoms with Crippen LogP contribution >= 0.6 is 23.1 Å². The number of hydrogen-bond donors (Lipinski definition) is 1. The Bertz CT molecular complexity index is 735. The van der Waals surface area contributed by atoms with Crippen molar-refractivity contribution in [2.24, 2.45) is 0 Å². The van der Waals surface area contributed by atoms with Gasteiger partial charge in [-0.05, 0) is 37.7 Å². The number of carbonyl (C=O) groups is 1. The standard InChI is InChI=1S/C18H23N3OS2/c22-15(21-12-6-3-1-2-4-7-12)10-23-17-16-13-8-5-9-14(13)24-18(16)20-11-19-17/h11-12H,1-10H2,(H,21,22). The topological polar surface area (TPSA) is 54.9 Å². The number of carbonyl (C=O) groups excluding carboxylic acids is 1. The second kappa shape index (κ2) is 7.40. The fourth-order valence-electron chi connectivity index (χ4n) is 3.84. The predicted molar refractivity (Wildman–Crippen MR) is 99.8 cm³/mol. The number of aromatic nitrogens is 2. The van der Waals surface area contributed by atoms with E-state index in [0.29, 0.717) is 11.8 Å². The lowest BCUT2D eigenvalue weighted by molar-refractivity contribution is -0.119. The van der Waals surface area contributed by atoms with Crippen molar-refractivity contribution in [3.8, 4) is 0 Å². The van der Waals surface area contributed by atoms with E-state index in [-0.39, 0.29) is 5.91 Å². The van der Waals surface area contributed by atoms with Crippen molar-refractivity contribution < 1.29 is 4.79 Å². The van der Waals surface area contributed by atoms with Crippen LogP contribution in [-0.2, 0) is 17.6 Å². The fourth-order valence-corrected chi connectivity index (χ4v) is 5.97. The van der Waals surface area contributed by atoms with Gasteiger partial charge < -0.3 is 5.32 Å². The van der Waals surface area contributed by atoms with Crippen LogP contribution in [-0.4, -0.2) is 27.7 Å². The first kappa shape index (κ1) is 16.3. The van der Waals surface area contributed by atoms with Crippen LogP contribution in [0.25, 0.3) is 10.2 Å². The molecule has 2 aliphatic rings. The zero-order chi connectivity index (χ0) is 16.4. The summed E-state index contributed by atoms with van der Waals surface area (Å²) >= 11 is 3.37. The highest BCUT2D eigenvalue weighted by Gasteiger charge is 2.22. The summed E-state index contributed by atoms with van der Waals surface area (Å²) in [6.07, 6.45) is 12.5. The highest BCUT2D eigenvalue weighted by molar-refractivity contribution is 8.00. The third-order valence-electron chi connectivity index (χ3n) is 5.03. The van der Waals surface area contributed by atoms with Gasteiger partial charge in [-0.1, -0.05) is 37.4 Å². The first-order valence-corrected chi connectivity index (χ1v) is 10.8. The maximum Gasteiger partial charge on any atom is 0.230 e. The van der Waals surface area contributed by atoms with Crippen LogP contribution in [0.15, 0.2) is 11.4 Å². The van der Waals surface area contributed by atoms with Crippen LogP contribution in [0.2, 0.25) is 0 Å². The van der Waals surface area contributed by atoms with Crippen LogP contribution in [0, 0.1) is 0 Å². The largest absolute Gasteiger partial charge is 0.353 e. The Balaban J connectivity index is 1.42. The molecule has 0 bridgehead atoms. The van der Waals surface area contributed by atoms with E-state index in [1.165, 1.54) is 54.4 Å². The number of fused-ring (bicyclic) bond motifs is 3. The average molecular weight is 362 g/mol. The summed E-state index contributed by atoms with van der Waals surface area (Å²) in [5.74, 6) is 0.596. The Kier molecular flexibility index (Phi) is 5.03. The van der Waals surface area contributed by atoms with Crippen LogP contribution in [0.5, 0.6) is 0 Å². The normalized spacial score (nSPS) is 18.5. The van der Waals surface area contributed by atoms with Gasteiger partial charge >= 0.3 is 0 Å². The third-order valence-corrected chi connectivity index (χ3v) is 7.22. The van der Waals surface area contributed by atoms with Crippen molar-refractivity contribution in [2.75, 3.05) is 5.75 Å². The summed E-state index contributed by atoms with van der Waals surface area (Å²) in [7, 11) is 0. The van der Waals surface area contributed by atoms with E-state index in [9.17, 15) is 4.79 Å². The molecule has 4 rings (SSSR count). The minimum absolute atomic E-state index is 0.144. The molecule has 0 saturated heterocycles. The number of rotatable bonds is 4. The Morgan fingerprint density at radius 1 is 1.17 bits per heavy atom. The SMILES string of the molecule is O=C(CSc1ncnc2sc3c(c12)CCC3)NC1CCCCCC1. The number of amides is 1. The number of thioether (sulfide) groups is 1. The Morgan fingerprint density at radius 2 is 2.00 bits per heavy atom. The molecular weight excluding hydrogens is 338 g/mol. The maximum atomic E-state index is 12.3. The van der Waals surface area contributed by atoms with Crippen LogP contribution in [0.3, 0.4) is 0 Å². The molecule has 0 aromatic carbocycles. The van der Waals surface area contributed by atoms with Crippen molar-refractivity contribution >= 4 is 39.2 Å². The molecule has 0 radical (unpaired) electrons. The van der Waals surface area contributed by atoms with Gasteiger partial charge in [-0.2, -0.15) is 0 Å². The first-order chi connectivity index (χ1) is 11.8. The Morgan fingerprint density at radius 3 is 2.83 bits per heavy atom. The maximum absolute atomic E-state index is 12.3. The van der Waals surface area contributed by atoms with Gasteiger partial charge in [0, 0.05) is 16.3 Å². The minimum Gasteiger partial charge on any atom is -0.353 e. The summed E-state index contributed by atoms with van der Waals surface area (Å²) in [4.78, 5) is 23.8. The molecule has 128 valence electrons. The van der Waals surface area contributed by atoms with E-state index < -0.39 is 0 Å². The Labute approximate surface area is 150 Å². The van der Waals surface area contributed by atoms with E-state index in [1.54, 1.807) is 29.4 Å². The number of aryl methyl sites for hydroxylation is 2. The molecule has 2 aromatic rings. The second-order valence-corrected chi connectivity index (χ2v) is 8.81. The predicted octanol–water partition coefficient (Wildman–Crippen LogP) is 4.11. The van der Waals surface area contributed by atoms with Gasteiger partial charge in [0.2, 0.25) is 5.91 Å². The van der Waals surface area contributed by atoms with E-state index in [0.717, 1.165) is 29.1 Å². The van der Waals surface area contributed by atoms with Gasteiger partial charge in [-0.3, -0.25) is 4.79 Å². The molecule has 2 aliphatic carbocycles. The highest BCUT2D eigenvalue weighted by atomic mass is 32.2. The summed E-state index contributed by atoms with van der Waals surface area (Å²) in [5.41, 5.74) is 1.43. The summed E-state index contributed by atoms with van der Waals surface area (Å²) in [6, 6.07) is 0.372. The third kappa shape index (κ3) is 3.45. The fraction of sp³-hybridized carbons (Fsp3) is 0.611. The van der Waals surface area contributed by atoms with E-state index in [1.807, 2.05) is 0 Å². The van der Waals surface area contributed by atoms with Gasteiger partial charge in [-0.15, -0.1) is 11.3 Å². The van der Waals surface area contributed by atoms with Crippen molar-refractivity contribution in [3.63, 3.8) is 0 Å². The number of thiophene rings is 1. The number of nitrogens with zero attached hydrogens (tertiary/aromatic N) is 2. The van der Waals surface area contributed by atoms with Gasteiger partial charge in [0.25, 0.3) is 0 Å². The highest BCUT2D eigenvalue weighted by Crippen LogP contribution is 2.39. The zero-order valence-corrected chi connectivity index (χ0v) is 15.5. The Hall–Kier alpha value is -1.14. The average Bonchev–Trinajstić information content (AvgIpc) is 3.07. The molecule has 2 aromatic heterocycles. The molecule has 1 saturated carbocycles. The second-order valence-electron chi connectivity index (χ2n) is 6.76. The van der Waals surface area contributed by atoms with Crippen molar-refractivity contribution in [3.05, 3.63) is 16.8 Å². The quantitative estimate of drug-likeness (QED) is 0.506. The molecule has 0 aliphatic heterocycles. The molecule has 1 fully saturated rings. The van der Waals surface area contributed by atoms with Gasteiger partial charge in [-0.25, -0.2) is 9.97 Å². The monoisotopic (exact) mass is 361 g/mol. The zero-order valence-electron chi connectivity index (χ0n) is 13.8. The van der Waals surface area contributed by atoms with Crippen LogP contribution in [0.1, 0.15) is 55.4 Å². The first-order valence-electron chi connectivity index (χ1n) is 8.98. The molecule has 0 atom stereocenters. The molecule has 6 heteroatoms. The summed E-state index contributed by atoms with van der Waals surface area (Å²) in [5, 5.41) is 5.42. The molecule has 1 N–H and O–H groups in total. The van der Waals surface area contributed by atoms with Crippen molar-refractivity contribution in [1.29, 1.82) is 0 Å². The van der Waals surface area contributed by atoms with Gasteiger partial charge in [0.1, 0.15) is 16.2 Å². The van der Waals surface area contributed by atoms with Crippen molar-refractivity contribution in [1.82, 2.24) is 15.3 Å². The van der Waals surface area contributed by atoms with Gasteiger partial charge in [0.15, 0.2) is 0 Å². The summed E-state index contributed by atoms with van der Waals surface area (Å²) in [6.45, 7) is 0. The summed E-state index contributed by atoms with van der Waals surface area (Å²) < 4.78 is 0. The lowest BCUT2D eigenvalue weighted by atomic mass is 10.1. The molecule has 2 heterocycles. The molecule has 1 amide bonds.